The lowest BCUT2D eigenvalue weighted by molar-refractivity contribution is -0.143. The summed E-state index contributed by atoms with van der Waals surface area (Å²) in [5, 5.41) is 14.9. The van der Waals surface area contributed by atoms with E-state index in [9.17, 15) is 19.5 Å². The maximum Gasteiger partial charge on any atom is 0.407 e. The van der Waals surface area contributed by atoms with Crippen molar-refractivity contribution in [2.75, 3.05) is 13.2 Å². The largest absolute Gasteiger partial charge is 0.481 e. The molecule has 0 heterocycles. The summed E-state index contributed by atoms with van der Waals surface area (Å²) in [7, 11) is 0. The number of amides is 2. The fourth-order valence-electron chi connectivity index (χ4n) is 5.25. The first-order valence-electron chi connectivity index (χ1n) is 12.0. The Balaban J connectivity index is 1.35. The van der Waals surface area contributed by atoms with Crippen LogP contribution in [-0.4, -0.2) is 42.3 Å². The van der Waals surface area contributed by atoms with Crippen LogP contribution in [0.4, 0.5) is 4.79 Å². The van der Waals surface area contributed by atoms with Crippen LogP contribution < -0.4 is 10.6 Å². The van der Waals surface area contributed by atoms with Gasteiger partial charge >= 0.3 is 12.1 Å². The van der Waals surface area contributed by atoms with Gasteiger partial charge in [0.15, 0.2) is 0 Å². The maximum absolute atomic E-state index is 12.8. The first-order valence-corrected chi connectivity index (χ1v) is 12.0. The number of ether oxygens (including phenoxy) is 1. The summed E-state index contributed by atoms with van der Waals surface area (Å²) in [6.45, 7) is 4.17. The lowest BCUT2D eigenvalue weighted by atomic mass is 9.96. The monoisotopic (exact) mass is 464 g/mol. The smallest absolute Gasteiger partial charge is 0.407 e. The highest BCUT2D eigenvalue weighted by molar-refractivity contribution is 5.86. The van der Waals surface area contributed by atoms with Gasteiger partial charge < -0.3 is 20.5 Å². The highest BCUT2D eigenvalue weighted by Crippen LogP contribution is 2.44. The highest BCUT2D eigenvalue weighted by Gasteiger charge is 2.34. The Morgan fingerprint density at radius 2 is 1.62 bits per heavy atom. The maximum atomic E-state index is 12.8. The molecule has 0 aliphatic heterocycles. The quantitative estimate of drug-likeness (QED) is 0.544. The number of fused-ring (bicyclic) bond motifs is 3. The fourth-order valence-corrected chi connectivity index (χ4v) is 5.25. The predicted molar refractivity (Wildman–Crippen MR) is 128 cm³/mol. The summed E-state index contributed by atoms with van der Waals surface area (Å²) < 4.78 is 5.59. The molecule has 3 atom stereocenters. The number of aliphatic carboxylic acids is 1. The molecule has 0 radical (unpaired) electrons. The molecule has 7 heteroatoms. The van der Waals surface area contributed by atoms with E-state index in [0.29, 0.717) is 13.0 Å². The number of hydrogen-bond acceptors (Lipinski definition) is 4. The summed E-state index contributed by atoms with van der Waals surface area (Å²) in [6, 6.07) is 15.5. The Hall–Kier alpha value is -3.35. The van der Waals surface area contributed by atoms with E-state index < -0.39 is 24.0 Å². The zero-order valence-electron chi connectivity index (χ0n) is 19.6. The molecule has 0 saturated heterocycles. The molecule has 34 heavy (non-hydrogen) atoms. The van der Waals surface area contributed by atoms with Gasteiger partial charge in [-0.3, -0.25) is 9.59 Å². The third-order valence-corrected chi connectivity index (χ3v) is 7.08. The van der Waals surface area contributed by atoms with E-state index in [0.717, 1.165) is 35.1 Å². The van der Waals surface area contributed by atoms with Crippen LogP contribution in [-0.2, 0) is 14.3 Å². The Labute approximate surface area is 199 Å². The fraction of sp³-hybridized carbons (Fsp3) is 0.444. The van der Waals surface area contributed by atoms with E-state index in [1.807, 2.05) is 38.1 Å². The summed E-state index contributed by atoms with van der Waals surface area (Å²) in [6.07, 6.45) is 1.63. The standard InChI is InChI=1S/C27H32N2O5/c1-16(2)24(25(30)28-14-17-8-7-13-18(17)26(31)32)29-27(33)34-15-23-21-11-5-3-9-19(21)20-10-4-6-12-22(20)23/h3-6,9-12,16-18,23-24H,7-8,13-15H2,1-2H3,(H,28,30)(H,29,33)(H,31,32)/t17?,18?,24-/m0/s1. The van der Waals surface area contributed by atoms with E-state index in [-0.39, 0.29) is 30.3 Å². The number of carboxylic acids is 1. The van der Waals surface area contributed by atoms with Crippen molar-refractivity contribution in [3.05, 3.63) is 59.7 Å². The molecule has 0 spiro atoms. The molecule has 1 fully saturated rings. The number of carboxylic acid groups (broad SMARTS) is 1. The van der Waals surface area contributed by atoms with Crippen LogP contribution in [0.3, 0.4) is 0 Å². The number of hydrogen-bond donors (Lipinski definition) is 3. The average molecular weight is 465 g/mol. The van der Waals surface area contributed by atoms with Gasteiger partial charge in [0.25, 0.3) is 0 Å². The van der Waals surface area contributed by atoms with Gasteiger partial charge in [-0.25, -0.2) is 4.79 Å². The molecule has 3 N–H and O–H groups in total. The average Bonchev–Trinajstić information content (AvgIpc) is 3.42. The van der Waals surface area contributed by atoms with Crippen molar-refractivity contribution in [3.8, 4) is 11.1 Å². The van der Waals surface area contributed by atoms with E-state index >= 15 is 0 Å². The molecule has 1 saturated carbocycles. The first-order chi connectivity index (χ1) is 16.4. The molecule has 2 aliphatic carbocycles. The topological polar surface area (TPSA) is 105 Å². The molecular weight excluding hydrogens is 432 g/mol. The van der Waals surface area contributed by atoms with Gasteiger partial charge in [0.1, 0.15) is 12.6 Å². The Kier molecular flexibility index (Phi) is 7.20. The van der Waals surface area contributed by atoms with Gasteiger partial charge in [0.2, 0.25) is 5.91 Å². The first kappa shape index (κ1) is 23.8. The van der Waals surface area contributed by atoms with Crippen molar-refractivity contribution < 1.29 is 24.2 Å². The molecule has 2 amide bonds. The van der Waals surface area contributed by atoms with Gasteiger partial charge in [-0.15, -0.1) is 0 Å². The van der Waals surface area contributed by atoms with Crippen molar-refractivity contribution in [1.29, 1.82) is 0 Å². The van der Waals surface area contributed by atoms with E-state index in [4.69, 9.17) is 4.74 Å². The summed E-state index contributed by atoms with van der Waals surface area (Å²) in [5.41, 5.74) is 4.55. The second-order valence-electron chi connectivity index (χ2n) is 9.57. The number of alkyl carbamates (subject to hydrolysis) is 1. The van der Waals surface area contributed by atoms with Crippen LogP contribution in [0.1, 0.15) is 50.2 Å². The normalized spacial score (nSPS) is 19.9. The second-order valence-corrected chi connectivity index (χ2v) is 9.57. The molecule has 2 aromatic rings. The summed E-state index contributed by atoms with van der Waals surface area (Å²) in [5.74, 6) is -1.84. The number of nitrogens with one attached hydrogen (secondary N) is 2. The number of benzene rings is 2. The van der Waals surface area contributed by atoms with Gasteiger partial charge in [0, 0.05) is 12.5 Å². The molecule has 7 nitrogen and oxygen atoms in total. The van der Waals surface area contributed by atoms with Crippen molar-refractivity contribution >= 4 is 18.0 Å². The van der Waals surface area contributed by atoms with E-state index in [1.165, 1.54) is 0 Å². The molecular formula is C27H32N2O5. The Morgan fingerprint density at radius 1 is 1.00 bits per heavy atom. The van der Waals surface area contributed by atoms with Crippen molar-refractivity contribution in [3.63, 3.8) is 0 Å². The zero-order valence-corrected chi connectivity index (χ0v) is 19.6. The van der Waals surface area contributed by atoms with Crippen LogP contribution >= 0.6 is 0 Å². The van der Waals surface area contributed by atoms with Crippen LogP contribution in [0.5, 0.6) is 0 Å². The molecule has 0 aromatic heterocycles. The molecule has 2 unspecified atom stereocenters. The molecule has 180 valence electrons. The van der Waals surface area contributed by atoms with E-state index in [2.05, 4.69) is 34.9 Å². The third kappa shape index (κ3) is 4.93. The van der Waals surface area contributed by atoms with Crippen LogP contribution in [0.15, 0.2) is 48.5 Å². The lowest BCUT2D eigenvalue weighted by Gasteiger charge is -2.24. The third-order valence-electron chi connectivity index (χ3n) is 7.08. The molecule has 2 aromatic carbocycles. The minimum Gasteiger partial charge on any atom is -0.481 e. The van der Waals surface area contributed by atoms with Crippen molar-refractivity contribution in [2.45, 2.75) is 45.1 Å². The van der Waals surface area contributed by atoms with E-state index in [1.54, 1.807) is 0 Å². The van der Waals surface area contributed by atoms with Gasteiger partial charge in [-0.05, 0) is 46.9 Å². The predicted octanol–water partition coefficient (Wildman–Crippen LogP) is 4.17. The molecule has 2 aliphatic rings. The van der Waals surface area contributed by atoms with Gasteiger partial charge in [-0.1, -0.05) is 68.8 Å². The minimum absolute atomic E-state index is 0.0557. The number of rotatable bonds is 8. The van der Waals surface area contributed by atoms with Gasteiger partial charge in [0.05, 0.1) is 5.92 Å². The lowest BCUT2D eigenvalue weighted by Crippen LogP contribution is -2.51. The van der Waals surface area contributed by atoms with Gasteiger partial charge in [-0.2, -0.15) is 0 Å². The second kappa shape index (κ2) is 10.3. The Morgan fingerprint density at radius 3 is 2.21 bits per heavy atom. The Bertz CT molecular complexity index is 1020. The summed E-state index contributed by atoms with van der Waals surface area (Å²) >= 11 is 0. The zero-order chi connectivity index (χ0) is 24.2. The number of carbonyl (C=O) groups excluding carboxylic acids is 2. The summed E-state index contributed by atoms with van der Waals surface area (Å²) in [4.78, 5) is 36.9. The van der Waals surface area contributed by atoms with Crippen molar-refractivity contribution in [2.24, 2.45) is 17.8 Å². The van der Waals surface area contributed by atoms with Crippen LogP contribution in [0.2, 0.25) is 0 Å². The minimum atomic E-state index is -0.811. The molecule has 4 rings (SSSR count). The SMILES string of the molecule is CC(C)[C@H](NC(=O)OCC1c2ccccc2-c2ccccc21)C(=O)NCC1CCCC1C(=O)O. The highest BCUT2D eigenvalue weighted by atomic mass is 16.5. The van der Waals surface area contributed by atoms with Crippen LogP contribution in [0.25, 0.3) is 11.1 Å². The number of carbonyl (C=O) groups is 3. The van der Waals surface area contributed by atoms with Crippen LogP contribution in [0, 0.1) is 17.8 Å². The van der Waals surface area contributed by atoms with Crippen molar-refractivity contribution in [1.82, 2.24) is 10.6 Å². The molecule has 0 bridgehead atoms.